The number of alkyl halides is 1. The molecule has 140 valence electrons. The average molecular weight is 424 g/mol. The van der Waals surface area contributed by atoms with Crippen LogP contribution in [0.3, 0.4) is 0 Å². The van der Waals surface area contributed by atoms with Crippen molar-refractivity contribution in [3.8, 4) is 5.75 Å². The van der Waals surface area contributed by atoms with Gasteiger partial charge in [0.2, 0.25) is 5.91 Å². The third-order valence-electron chi connectivity index (χ3n) is 5.71. The fraction of sp³-hybridized carbons (Fsp3) is 0.579. The van der Waals surface area contributed by atoms with E-state index in [0.717, 1.165) is 42.5 Å². The SMILES string of the molecule is COC(=O)C(Br)c1cc(OC)cc2c1C1(CC1)C(=O)N2C1CCOCC1. The largest absolute Gasteiger partial charge is 0.497 e. The number of esters is 1. The van der Waals surface area contributed by atoms with E-state index in [1.165, 1.54) is 7.11 Å². The lowest BCUT2D eigenvalue weighted by Crippen LogP contribution is -2.43. The number of methoxy groups -OCH3 is 2. The summed E-state index contributed by atoms with van der Waals surface area (Å²) >= 11 is 3.46. The van der Waals surface area contributed by atoms with Crippen LogP contribution in [0.5, 0.6) is 5.75 Å². The highest BCUT2D eigenvalue weighted by Gasteiger charge is 2.61. The van der Waals surface area contributed by atoms with E-state index in [1.807, 2.05) is 17.0 Å². The van der Waals surface area contributed by atoms with E-state index in [1.54, 1.807) is 7.11 Å². The number of amides is 1. The standard InChI is InChI=1S/C19H22BrNO5/c1-24-12-9-13(16(20)17(22)25-2)15-14(10-12)21(11-3-7-26-8-4-11)18(23)19(15)5-6-19/h9-11,16H,3-8H2,1-2H3. The lowest BCUT2D eigenvalue weighted by molar-refractivity contribution is -0.140. The van der Waals surface area contributed by atoms with Gasteiger partial charge in [0.05, 0.1) is 25.3 Å². The van der Waals surface area contributed by atoms with E-state index in [9.17, 15) is 9.59 Å². The first kappa shape index (κ1) is 17.8. The highest BCUT2D eigenvalue weighted by molar-refractivity contribution is 9.09. The summed E-state index contributed by atoms with van der Waals surface area (Å²) in [7, 11) is 2.96. The summed E-state index contributed by atoms with van der Waals surface area (Å²) in [4.78, 5) is 26.9. The van der Waals surface area contributed by atoms with Gasteiger partial charge in [-0.05, 0) is 42.9 Å². The van der Waals surface area contributed by atoms with Gasteiger partial charge in [0, 0.05) is 25.3 Å². The van der Waals surface area contributed by atoms with Crippen LogP contribution in [-0.2, 0) is 24.5 Å². The number of hydrogen-bond acceptors (Lipinski definition) is 5. The van der Waals surface area contributed by atoms with Crippen LogP contribution in [-0.4, -0.2) is 45.4 Å². The van der Waals surface area contributed by atoms with Gasteiger partial charge in [-0.25, -0.2) is 0 Å². The van der Waals surface area contributed by atoms with Crippen LogP contribution in [0.4, 0.5) is 5.69 Å². The molecule has 7 heteroatoms. The Hall–Kier alpha value is -1.60. The summed E-state index contributed by atoms with van der Waals surface area (Å²) < 4.78 is 15.9. The van der Waals surface area contributed by atoms with Crippen molar-refractivity contribution in [2.24, 2.45) is 0 Å². The Labute approximate surface area is 160 Å². The summed E-state index contributed by atoms with van der Waals surface area (Å²) in [6, 6.07) is 3.90. The van der Waals surface area contributed by atoms with Crippen LogP contribution in [0.15, 0.2) is 12.1 Å². The fourth-order valence-corrected chi connectivity index (χ4v) is 4.77. The molecule has 1 atom stereocenters. The molecule has 2 fully saturated rings. The van der Waals surface area contributed by atoms with Crippen LogP contribution >= 0.6 is 15.9 Å². The normalized spacial score (nSPS) is 22.3. The molecule has 1 aliphatic carbocycles. The molecule has 6 nitrogen and oxygen atoms in total. The van der Waals surface area contributed by atoms with E-state index in [2.05, 4.69) is 15.9 Å². The highest BCUT2D eigenvalue weighted by Crippen LogP contribution is 2.61. The van der Waals surface area contributed by atoms with Gasteiger partial charge in [-0.1, -0.05) is 15.9 Å². The topological polar surface area (TPSA) is 65.1 Å². The number of fused-ring (bicyclic) bond motifs is 2. The molecule has 3 aliphatic rings. The molecule has 0 N–H and O–H groups in total. The minimum absolute atomic E-state index is 0.127. The van der Waals surface area contributed by atoms with E-state index >= 15 is 0 Å². The number of nitrogens with zero attached hydrogens (tertiary/aromatic N) is 1. The summed E-state index contributed by atoms with van der Waals surface area (Å²) in [5.41, 5.74) is 2.12. The Kier molecular flexibility index (Phi) is 4.47. The zero-order valence-electron chi connectivity index (χ0n) is 14.9. The molecule has 1 spiro atoms. The summed E-state index contributed by atoms with van der Waals surface area (Å²) in [5.74, 6) is 0.404. The van der Waals surface area contributed by atoms with Crippen LogP contribution < -0.4 is 9.64 Å². The molecule has 1 amide bonds. The monoisotopic (exact) mass is 423 g/mol. The van der Waals surface area contributed by atoms with Crippen LogP contribution in [0.25, 0.3) is 0 Å². The Bertz CT molecular complexity index is 755. The van der Waals surface area contributed by atoms with Crippen LogP contribution in [0.1, 0.15) is 41.6 Å². The molecular weight excluding hydrogens is 402 g/mol. The van der Waals surface area contributed by atoms with Gasteiger partial charge < -0.3 is 19.1 Å². The number of anilines is 1. The first-order chi connectivity index (χ1) is 12.5. The van der Waals surface area contributed by atoms with Crippen molar-refractivity contribution >= 4 is 33.5 Å². The van der Waals surface area contributed by atoms with Crippen molar-refractivity contribution in [1.82, 2.24) is 0 Å². The second kappa shape index (κ2) is 6.53. The van der Waals surface area contributed by atoms with Crippen molar-refractivity contribution in [2.45, 2.75) is 42.0 Å². The average Bonchev–Trinajstić information content (AvgIpc) is 3.44. The van der Waals surface area contributed by atoms with E-state index in [-0.39, 0.29) is 17.9 Å². The Morgan fingerprint density at radius 2 is 2.00 bits per heavy atom. The summed E-state index contributed by atoms with van der Waals surface area (Å²) in [5, 5.41) is 0. The zero-order chi connectivity index (χ0) is 18.5. The lowest BCUT2D eigenvalue weighted by Gasteiger charge is -2.32. The van der Waals surface area contributed by atoms with E-state index < -0.39 is 10.2 Å². The number of halogens is 1. The quantitative estimate of drug-likeness (QED) is 0.550. The van der Waals surface area contributed by atoms with Crippen molar-refractivity contribution < 1.29 is 23.8 Å². The maximum absolute atomic E-state index is 13.4. The number of ether oxygens (including phenoxy) is 3. The second-order valence-electron chi connectivity index (χ2n) is 7.10. The van der Waals surface area contributed by atoms with Crippen LogP contribution in [0.2, 0.25) is 0 Å². The minimum Gasteiger partial charge on any atom is -0.497 e. The molecule has 1 saturated heterocycles. The van der Waals surface area contributed by atoms with Crippen molar-refractivity contribution in [3.63, 3.8) is 0 Å². The number of benzene rings is 1. The van der Waals surface area contributed by atoms with Crippen LogP contribution in [0, 0.1) is 0 Å². The summed E-state index contributed by atoms with van der Waals surface area (Å²) in [6.45, 7) is 1.33. The molecule has 26 heavy (non-hydrogen) atoms. The Morgan fingerprint density at radius 1 is 1.31 bits per heavy atom. The lowest BCUT2D eigenvalue weighted by atomic mass is 9.91. The zero-order valence-corrected chi connectivity index (χ0v) is 16.5. The Morgan fingerprint density at radius 3 is 2.58 bits per heavy atom. The first-order valence-electron chi connectivity index (χ1n) is 8.89. The van der Waals surface area contributed by atoms with Crippen molar-refractivity contribution in [2.75, 3.05) is 32.3 Å². The predicted octanol–water partition coefficient (Wildman–Crippen LogP) is 2.86. The van der Waals surface area contributed by atoms with Gasteiger partial charge >= 0.3 is 5.97 Å². The molecular formula is C19H22BrNO5. The predicted molar refractivity (Wildman–Crippen MR) is 98.9 cm³/mol. The fourth-order valence-electron chi connectivity index (χ4n) is 4.22. The molecule has 1 unspecified atom stereocenters. The number of carbonyl (C=O) groups excluding carboxylic acids is 2. The van der Waals surface area contributed by atoms with Gasteiger partial charge in [-0.15, -0.1) is 0 Å². The third-order valence-corrected chi connectivity index (χ3v) is 6.58. The first-order valence-corrected chi connectivity index (χ1v) is 9.81. The molecule has 1 saturated carbocycles. The van der Waals surface area contributed by atoms with E-state index in [0.29, 0.717) is 19.0 Å². The molecule has 2 aliphatic heterocycles. The van der Waals surface area contributed by atoms with Gasteiger partial charge in [0.15, 0.2) is 0 Å². The number of hydrogen-bond donors (Lipinski definition) is 0. The smallest absolute Gasteiger partial charge is 0.324 e. The maximum Gasteiger partial charge on any atom is 0.324 e. The molecule has 1 aromatic carbocycles. The minimum atomic E-state index is -0.628. The molecule has 0 bridgehead atoms. The maximum atomic E-state index is 13.4. The van der Waals surface area contributed by atoms with Gasteiger partial charge in [0.25, 0.3) is 0 Å². The summed E-state index contributed by atoms with van der Waals surface area (Å²) in [6.07, 6.45) is 3.28. The molecule has 0 radical (unpaired) electrons. The van der Waals surface area contributed by atoms with Crippen molar-refractivity contribution in [3.05, 3.63) is 23.3 Å². The molecule has 2 heterocycles. The third kappa shape index (κ3) is 2.55. The van der Waals surface area contributed by atoms with Crippen molar-refractivity contribution in [1.29, 1.82) is 0 Å². The second-order valence-corrected chi connectivity index (χ2v) is 8.01. The molecule has 0 aromatic heterocycles. The van der Waals surface area contributed by atoms with Gasteiger partial charge in [0.1, 0.15) is 10.6 Å². The van der Waals surface area contributed by atoms with Gasteiger partial charge in [-0.2, -0.15) is 0 Å². The number of rotatable bonds is 4. The Balaban J connectivity index is 1.86. The number of carbonyl (C=O) groups is 2. The van der Waals surface area contributed by atoms with E-state index in [4.69, 9.17) is 14.2 Å². The molecule has 1 aromatic rings. The highest BCUT2D eigenvalue weighted by atomic mass is 79.9. The van der Waals surface area contributed by atoms with Gasteiger partial charge in [-0.3, -0.25) is 9.59 Å². The molecule has 4 rings (SSSR count).